The van der Waals surface area contributed by atoms with Crippen molar-refractivity contribution in [2.24, 2.45) is 11.7 Å². The van der Waals surface area contributed by atoms with Crippen LogP contribution in [0, 0.1) is 5.92 Å². The number of nitrogens with two attached hydrogens (primary N) is 1. The average molecular weight is 258 g/mol. The number of carbonyl (C=O) groups is 1. The normalized spacial score (nSPS) is 23.4. The smallest absolute Gasteiger partial charge is 0.227 e. The van der Waals surface area contributed by atoms with Crippen LogP contribution in [0.15, 0.2) is 24.5 Å². The van der Waals surface area contributed by atoms with Gasteiger partial charge in [-0.2, -0.15) is 0 Å². The third-order valence-corrected chi connectivity index (χ3v) is 3.83. The van der Waals surface area contributed by atoms with E-state index in [4.69, 9.17) is 5.73 Å². The molecule has 2 aromatic rings. The second-order valence-electron chi connectivity index (χ2n) is 5.24. The molecule has 1 aliphatic carbocycles. The molecule has 1 fully saturated rings. The van der Waals surface area contributed by atoms with Crippen molar-refractivity contribution in [2.75, 3.05) is 5.32 Å². The van der Waals surface area contributed by atoms with Crippen LogP contribution in [-0.4, -0.2) is 21.9 Å². The topological polar surface area (TPSA) is 83.8 Å². The molecule has 1 saturated carbocycles. The van der Waals surface area contributed by atoms with Gasteiger partial charge in [-0.25, -0.2) is 4.98 Å². The molecule has 1 aromatic carbocycles. The molecule has 0 spiro atoms. The van der Waals surface area contributed by atoms with Gasteiger partial charge in [0.1, 0.15) is 0 Å². The highest BCUT2D eigenvalue weighted by atomic mass is 16.1. The molecule has 5 heteroatoms. The van der Waals surface area contributed by atoms with Gasteiger partial charge in [0.15, 0.2) is 0 Å². The first-order valence-corrected chi connectivity index (χ1v) is 6.72. The van der Waals surface area contributed by atoms with Crippen LogP contribution in [0.3, 0.4) is 0 Å². The van der Waals surface area contributed by atoms with Gasteiger partial charge in [0, 0.05) is 17.6 Å². The van der Waals surface area contributed by atoms with Gasteiger partial charge in [-0.05, 0) is 43.9 Å². The lowest BCUT2D eigenvalue weighted by atomic mass is 9.86. The summed E-state index contributed by atoms with van der Waals surface area (Å²) in [5.41, 5.74) is 8.51. The Hall–Kier alpha value is -1.88. The second kappa shape index (κ2) is 5.01. The van der Waals surface area contributed by atoms with Crippen molar-refractivity contribution < 1.29 is 4.79 Å². The highest BCUT2D eigenvalue weighted by Crippen LogP contribution is 2.25. The average Bonchev–Trinajstić information content (AvgIpc) is 2.87. The minimum atomic E-state index is 0.0947. The lowest BCUT2D eigenvalue weighted by Crippen LogP contribution is -2.32. The number of hydrogen-bond acceptors (Lipinski definition) is 3. The van der Waals surface area contributed by atoms with Gasteiger partial charge in [0.05, 0.1) is 17.4 Å². The molecule has 19 heavy (non-hydrogen) atoms. The Morgan fingerprint density at radius 1 is 1.32 bits per heavy atom. The van der Waals surface area contributed by atoms with Crippen LogP contribution in [0.4, 0.5) is 5.69 Å². The molecule has 1 amide bonds. The van der Waals surface area contributed by atoms with Gasteiger partial charge in [-0.3, -0.25) is 4.79 Å². The molecule has 1 aromatic heterocycles. The van der Waals surface area contributed by atoms with E-state index in [1.807, 2.05) is 18.2 Å². The minimum Gasteiger partial charge on any atom is -0.345 e. The van der Waals surface area contributed by atoms with Crippen molar-refractivity contribution in [3.05, 3.63) is 24.5 Å². The SMILES string of the molecule is NC1CCC(C(=O)Nc2ccc3nc[nH]c3c2)CC1. The summed E-state index contributed by atoms with van der Waals surface area (Å²) in [6.07, 6.45) is 5.31. The Kier molecular flexibility index (Phi) is 3.21. The number of aromatic amines is 1. The van der Waals surface area contributed by atoms with E-state index in [1.54, 1.807) is 6.33 Å². The van der Waals surface area contributed by atoms with Gasteiger partial charge in [0.25, 0.3) is 0 Å². The maximum Gasteiger partial charge on any atom is 0.227 e. The van der Waals surface area contributed by atoms with Crippen molar-refractivity contribution >= 4 is 22.6 Å². The van der Waals surface area contributed by atoms with Gasteiger partial charge in [-0.1, -0.05) is 0 Å². The fraction of sp³-hybridized carbons (Fsp3) is 0.429. The highest BCUT2D eigenvalue weighted by molar-refractivity contribution is 5.94. The van der Waals surface area contributed by atoms with E-state index in [-0.39, 0.29) is 17.9 Å². The summed E-state index contributed by atoms with van der Waals surface area (Å²) in [6.45, 7) is 0. The standard InChI is InChI=1S/C14H18N4O/c15-10-3-1-9(2-4-10)14(19)18-11-5-6-12-13(7-11)17-8-16-12/h5-10H,1-4,15H2,(H,16,17)(H,18,19). The summed E-state index contributed by atoms with van der Waals surface area (Å²) in [6, 6.07) is 5.97. The molecular formula is C14H18N4O. The Labute approximate surface area is 111 Å². The predicted octanol–water partition coefficient (Wildman–Crippen LogP) is 2.02. The number of hydrogen-bond donors (Lipinski definition) is 3. The van der Waals surface area contributed by atoms with E-state index in [1.165, 1.54) is 0 Å². The monoisotopic (exact) mass is 258 g/mol. The molecule has 0 saturated heterocycles. The number of rotatable bonds is 2. The second-order valence-corrected chi connectivity index (χ2v) is 5.24. The number of nitrogens with zero attached hydrogens (tertiary/aromatic N) is 1. The summed E-state index contributed by atoms with van der Waals surface area (Å²) in [5, 5.41) is 2.98. The molecule has 4 N–H and O–H groups in total. The van der Waals surface area contributed by atoms with E-state index in [0.717, 1.165) is 42.4 Å². The van der Waals surface area contributed by atoms with Crippen LogP contribution in [0.1, 0.15) is 25.7 Å². The van der Waals surface area contributed by atoms with Gasteiger partial charge < -0.3 is 16.0 Å². The summed E-state index contributed by atoms with van der Waals surface area (Å²) < 4.78 is 0. The number of benzene rings is 1. The molecule has 3 rings (SSSR count). The fourth-order valence-electron chi connectivity index (χ4n) is 2.64. The quantitative estimate of drug-likeness (QED) is 0.770. The zero-order valence-corrected chi connectivity index (χ0v) is 10.7. The first kappa shape index (κ1) is 12.2. The van der Waals surface area contributed by atoms with Crippen molar-refractivity contribution in [3.8, 4) is 0 Å². The summed E-state index contributed by atoms with van der Waals surface area (Å²) in [5.74, 6) is 0.197. The zero-order valence-electron chi connectivity index (χ0n) is 10.7. The molecule has 1 heterocycles. The van der Waals surface area contributed by atoms with Crippen LogP contribution in [0.25, 0.3) is 11.0 Å². The Morgan fingerprint density at radius 3 is 2.89 bits per heavy atom. The third-order valence-electron chi connectivity index (χ3n) is 3.83. The van der Waals surface area contributed by atoms with E-state index < -0.39 is 0 Å². The Bertz CT molecular complexity index is 584. The largest absolute Gasteiger partial charge is 0.345 e. The van der Waals surface area contributed by atoms with E-state index in [2.05, 4.69) is 15.3 Å². The number of anilines is 1. The number of carbonyl (C=O) groups excluding carboxylic acids is 1. The lowest BCUT2D eigenvalue weighted by Gasteiger charge is -2.25. The Morgan fingerprint density at radius 2 is 2.11 bits per heavy atom. The van der Waals surface area contributed by atoms with Crippen molar-refractivity contribution in [1.82, 2.24) is 9.97 Å². The minimum absolute atomic E-state index is 0.0947. The maximum atomic E-state index is 12.2. The van der Waals surface area contributed by atoms with Crippen LogP contribution in [0.2, 0.25) is 0 Å². The number of aromatic nitrogens is 2. The lowest BCUT2D eigenvalue weighted by molar-refractivity contribution is -0.120. The molecule has 0 radical (unpaired) electrons. The highest BCUT2D eigenvalue weighted by Gasteiger charge is 2.24. The zero-order chi connectivity index (χ0) is 13.2. The van der Waals surface area contributed by atoms with Crippen LogP contribution >= 0.6 is 0 Å². The van der Waals surface area contributed by atoms with E-state index in [9.17, 15) is 4.79 Å². The van der Waals surface area contributed by atoms with Crippen molar-refractivity contribution in [3.63, 3.8) is 0 Å². The fourth-order valence-corrected chi connectivity index (χ4v) is 2.64. The summed E-state index contributed by atoms with van der Waals surface area (Å²) >= 11 is 0. The first-order chi connectivity index (χ1) is 9.22. The number of amides is 1. The first-order valence-electron chi connectivity index (χ1n) is 6.72. The third kappa shape index (κ3) is 2.61. The predicted molar refractivity (Wildman–Crippen MR) is 74.7 cm³/mol. The number of nitrogens with one attached hydrogen (secondary N) is 2. The molecular weight excluding hydrogens is 240 g/mol. The van der Waals surface area contributed by atoms with Gasteiger partial charge in [-0.15, -0.1) is 0 Å². The van der Waals surface area contributed by atoms with Crippen molar-refractivity contribution in [1.29, 1.82) is 0 Å². The van der Waals surface area contributed by atoms with Crippen LogP contribution < -0.4 is 11.1 Å². The molecule has 5 nitrogen and oxygen atoms in total. The Balaban J connectivity index is 1.68. The number of H-pyrrole nitrogens is 1. The summed E-state index contributed by atoms with van der Waals surface area (Å²) in [4.78, 5) is 19.4. The molecule has 0 unspecified atom stereocenters. The summed E-state index contributed by atoms with van der Waals surface area (Å²) in [7, 11) is 0. The van der Waals surface area contributed by atoms with Crippen molar-refractivity contribution in [2.45, 2.75) is 31.7 Å². The molecule has 0 atom stereocenters. The van der Waals surface area contributed by atoms with Gasteiger partial charge >= 0.3 is 0 Å². The van der Waals surface area contributed by atoms with E-state index in [0.29, 0.717) is 0 Å². The molecule has 100 valence electrons. The van der Waals surface area contributed by atoms with E-state index >= 15 is 0 Å². The molecule has 1 aliphatic rings. The van der Waals surface area contributed by atoms with Crippen LogP contribution in [0.5, 0.6) is 0 Å². The molecule has 0 bridgehead atoms. The van der Waals surface area contributed by atoms with Crippen LogP contribution in [-0.2, 0) is 4.79 Å². The number of imidazole rings is 1. The number of fused-ring (bicyclic) bond motifs is 1. The molecule has 0 aliphatic heterocycles. The van der Waals surface area contributed by atoms with Gasteiger partial charge in [0.2, 0.25) is 5.91 Å². The maximum absolute atomic E-state index is 12.2.